The second kappa shape index (κ2) is 19.4. The first-order valence-corrected chi connectivity index (χ1v) is 31.5. The summed E-state index contributed by atoms with van der Waals surface area (Å²) >= 11 is 1.90. The Morgan fingerprint density at radius 2 is 0.649 bits per heavy atom. The molecule has 0 N–H and O–H groups in total. The lowest BCUT2D eigenvalue weighted by Crippen LogP contribution is -2.79. The highest BCUT2D eigenvalue weighted by molar-refractivity contribution is 7.99. The van der Waals surface area contributed by atoms with Gasteiger partial charge >= 0.3 is 0 Å². The molecule has 0 amide bonds. The van der Waals surface area contributed by atoms with E-state index < -0.39 is 21.6 Å². The molecule has 1 spiro atoms. The molecule has 0 bridgehead atoms. The number of fused-ring (bicyclic) bond motifs is 8. The second-order valence-corrected chi connectivity index (χ2v) is 28.9. The lowest BCUT2D eigenvalue weighted by atomic mass is 9.64. The van der Waals surface area contributed by atoms with Crippen LogP contribution in [-0.2, 0) is 5.41 Å². The normalized spacial score (nSPS) is 13.6. The highest BCUT2D eigenvalue weighted by Crippen LogP contribution is 2.57. The van der Waals surface area contributed by atoms with Crippen LogP contribution >= 0.6 is 11.8 Å². The summed E-state index contributed by atoms with van der Waals surface area (Å²) in [6.45, 7) is 0. The topological polar surface area (TPSA) is 3.24 Å². The Balaban J connectivity index is 1.06. The number of hydrogen-bond donors (Lipinski definition) is 0. The van der Waals surface area contributed by atoms with Gasteiger partial charge in [-0.25, -0.2) is 0 Å². The fourth-order valence-electron chi connectivity index (χ4n) is 13.3. The lowest BCUT2D eigenvalue weighted by molar-refractivity contribution is 0.707. The van der Waals surface area contributed by atoms with Crippen molar-refractivity contribution in [2.45, 2.75) is 15.2 Å². The van der Waals surface area contributed by atoms with Gasteiger partial charge in [0.15, 0.2) is 16.1 Å². The molecule has 12 aromatic carbocycles. The molecule has 2 aliphatic heterocycles. The molecule has 0 fully saturated rings. The van der Waals surface area contributed by atoms with Gasteiger partial charge in [-0.15, -0.1) is 0 Å². The Morgan fingerprint density at radius 1 is 0.286 bits per heavy atom. The molecule has 0 atom stereocenters. The molecule has 1 nitrogen and oxygen atoms in total. The molecule has 2 heterocycles. The van der Waals surface area contributed by atoms with Crippen molar-refractivity contribution >= 4 is 86.5 Å². The van der Waals surface area contributed by atoms with Gasteiger partial charge in [-0.05, 0) is 123 Å². The zero-order valence-corrected chi connectivity index (χ0v) is 45.3. The van der Waals surface area contributed by atoms with E-state index in [2.05, 4.69) is 326 Å². The first-order chi connectivity index (χ1) is 38.2. The lowest BCUT2D eigenvalue weighted by Gasteiger charge is -2.52. The first-order valence-electron chi connectivity index (χ1n) is 26.7. The molecule has 12 aromatic rings. The van der Waals surface area contributed by atoms with E-state index in [4.69, 9.17) is 0 Å². The van der Waals surface area contributed by atoms with Gasteiger partial charge in [0.1, 0.15) is 0 Å². The Bertz CT molecular complexity index is 3860. The average Bonchev–Trinajstić information content (AvgIpc) is 3.62. The molecule has 364 valence electrons. The summed E-state index contributed by atoms with van der Waals surface area (Å²) in [6, 6.07) is 122. The van der Waals surface area contributed by atoms with E-state index in [-0.39, 0.29) is 0 Å². The van der Waals surface area contributed by atoms with Gasteiger partial charge in [0, 0.05) is 26.9 Å². The first kappa shape index (κ1) is 46.7. The third-order valence-electron chi connectivity index (χ3n) is 16.4. The molecule has 77 heavy (non-hydrogen) atoms. The van der Waals surface area contributed by atoms with Crippen LogP contribution in [0.1, 0.15) is 22.3 Å². The van der Waals surface area contributed by atoms with Crippen molar-refractivity contribution in [3.8, 4) is 11.1 Å². The van der Waals surface area contributed by atoms with Crippen LogP contribution in [-0.4, -0.2) is 16.1 Å². The summed E-state index contributed by atoms with van der Waals surface area (Å²) in [5, 5.41) is 11.0. The molecule has 0 aliphatic carbocycles. The fourth-order valence-corrected chi connectivity index (χ4v) is 24.5. The van der Waals surface area contributed by atoms with E-state index in [1.165, 1.54) is 84.7 Å². The predicted molar refractivity (Wildman–Crippen MR) is 330 cm³/mol. The Labute approximate surface area is 458 Å². The summed E-state index contributed by atoms with van der Waals surface area (Å²) in [7, 11) is -5.84. The van der Waals surface area contributed by atoms with Crippen molar-refractivity contribution in [1.82, 2.24) is 0 Å². The number of anilines is 3. The third kappa shape index (κ3) is 7.35. The quantitative estimate of drug-likeness (QED) is 0.0992. The van der Waals surface area contributed by atoms with Crippen LogP contribution in [0, 0.1) is 0 Å². The predicted octanol–water partition coefficient (Wildman–Crippen LogP) is 12.7. The number of hydrogen-bond acceptors (Lipinski definition) is 2. The maximum atomic E-state index is 2.60. The van der Waals surface area contributed by atoms with Gasteiger partial charge in [0.05, 0.1) is 5.41 Å². The molecule has 0 unspecified atom stereocenters. The minimum absolute atomic E-state index is 0.640. The second-order valence-electron chi connectivity index (χ2n) is 20.2. The van der Waals surface area contributed by atoms with Crippen molar-refractivity contribution in [2.24, 2.45) is 0 Å². The molecule has 2 aliphatic rings. The van der Waals surface area contributed by atoms with E-state index in [0.29, 0.717) is 0 Å². The molecular formula is C73H53NSSi2. The van der Waals surface area contributed by atoms with Crippen LogP contribution in [0.25, 0.3) is 11.1 Å². The van der Waals surface area contributed by atoms with Crippen LogP contribution in [0.5, 0.6) is 0 Å². The molecule has 0 radical (unpaired) electrons. The van der Waals surface area contributed by atoms with Crippen LogP contribution in [0.3, 0.4) is 0 Å². The molecule has 0 aromatic heterocycles. The third-order valence-corrected chi connectivity index (χ3v) is 27.3. The van der Waals surface area contributed by atoms with Gasteiger partial charge in [0.25, 0.3) is 0 Å². The van der Waals surface area contributed by atoms with Crippen LogP contribution < -0.4 is 46.4 Å². The molecule has 14 rings (SSSR count). The molecule has 0 saturated carbocycles. The van der Waals surface area contributed by atoms with E-state index in [0.717, 1.165) is 17.1 Å². The number of rotatable bonds is 10. The fraction of sp³-hybridized carbons (Fsp3) is 0.0137. The monoisotopic (exact) mass is 1030 g/mol. The average molecular weight is 1030 g/mol. The van der Waals surface area contributed by atoms with Gasteiger partial charge in [-0.2, -0.15) is 0 Å². The van der Waals surface area contributed by atoms with Crippen molar-refractivity contribution in [1.29, 1.82) is 0 Å². The maximum absolute atomic E-state index is 3.04. The minimum atomic E-state index is -3.04. The standard InChI is InChI=1S/C73H53NSSi2/c1-7-25-54(26-8-1)55-43-45-56(46-44-55)74(57-47-50-64(51-48-57)76(59-27-9-2-10-28-59,60-29-11-3-12-30-60)61-31-13-4-14-32-61)58-49-52-72-68(53-58)73(65-37-19-22-40-69(65)75-70-41-23-20-38-66(70)73)67-39-21-24-42-71(67)77(72,62-33-15-5-16-34-62)63-35-17-6-18-36-63/h1-53H. The van der Waals surface area contributed by atoms with Gasteiger partial charge in [-0.3, -0.25) is 0 Å². The van der Waals surface area contributed by atoms with E-state index in [1.807, 2.05) is 11.8 Å². The van der Waals surface area contributed by atoms with E-state index >= 15 is 0 Å². The van der Waals surface area contributed by atoms with E-state index in [9.17, 15) is 0 Å². The SMILES string of the molecule is c1ccc(-c2ccc(N(c3ccc([Si](c4ccccc4)(c4ccccc4)c4ccccc4)cc3)c3ccc4c(c3)C3(c5ccccc5Sc5ccccc53)c3ccccc3[Si]4(c3ccccc3)c3ccccc3)cc2)cc1. The zero-order chi connectivity index (χ0) is 51.2. The summed E-state index contributed by atoms with van der Waals surface area (Å²) in [5.74, 6) is 0. The van der Waals surface area contributed by atoms with E-state index in [1.54, 1.807) is 0 Å². The summed E-state index contributed by atoms with van der Waals surface area (Å²) in [6.07, 6.45) is 0. The Kier molecular flexibility index (Phi) is 11.8. The highest BCUT2D eigenvalue weighted by atomic mass is 32.2. The van der Waals surface area contributed by atoms with Crippen LogP contribution in [0.4, 0.5) is 17.1 Å². The van der Waals surface area contributed by atoms with Crippen molar-refractivity contribution in [3.63, 3.8) is 0 Å². The van der Waals surface area contributed by atoms with Crippen molar-refractivity contribution < 1.29 is 0 Å². The van der Waals surface area contributed by atoms with Gasteiger partial charge in [-0.1, -0.05) is 285 Å². The Morgan fingerprint density at radius 3 is 1.16 bits per heavy atom. The van der Waals surface area contributed by atoms with Crippen LogP contribution in [0.2, 0.25) is 0 Å². The van der Waals surface area contributed by atoms with Gasteiger partial charge < -0.3 is 4.90 Å². The summed E-state index contributed by atoms with van der Waals surface area (Å²) in [4.78, 5) is 5.09. The van der Waals surface area contributed by atoms with Crippen molar-refractivity contribution in [3.05, 3.63) is 344 Å². The van der Waals surface area contributed by atoms with Gasteiger partial charge in [0.2, 0.25) is 0 Å². The number of nitrogens with zero attached hydrogens (tertiary/aromatic N) is 1. The maximum Gasteiger partial charge on any atom is 0.180 e. The zero-order valence-electron chi connectivity index (χ0n) is 42.5. The number of benzene rings is 12. The molecular weight excluding hydrogens is 979 g/mol. The summed E-state index contributed by atoms with van der Waals surface area (Å²) < 4.78 is 0. The largest absolute Gasteiger partial charge is 0.310 e. The van der Waals surface area contributed by atoms with Crippen LogP contribution in [0.15, 0.2) is 331 Å². The van der Waals surface area contributed by atoms with Crippen molar-refractivity contribution in [2.75, 3.05) is 4.90 Å². The smallest absolute Gasteiger partial charge is 0.180 e. The highest BCUT2D eigenvalue weighted by Gasteiger charge is 2.57. The Hall–Kier alpha value is -8.78. The molecule has 0 saturated heterocycles. The molecule has 4 heteroatoms. The summed E-state index contributed by atoms with van der Waals surface area (Å²) in [5.41, 5.74) is 10.4. The minimum Gasteiger partial charge on any atom is -0.310 e.